The Morgan fingerprint density at radius 2 is 2.25 bits per heavy atom. The third kappa shape index (κ3) is 3.35. The number of aliphatic hydroxyl groups is 1. The first-order chi connectivity index (χ1) is 7.54. The average Bonchev–Trinajstić information content (AvgIpc) is 2.25. The highest BCUT2D eigenvalue weighted by Gasteiger charge is 2.08. The van der Waals surface area contributed by atoms with Crippen LogP contribution in [-0.4, -0.2) is 11.7 Å². The fourth-order valence-corrected chi connectivity index (χ4v) is 1.22. The Bertz CT molecular complexity index is 372. The van der Waals surface area contributed by atoms with Crippen molar-refractivity contribution in [2.24, 2.45) is 0 Å². The predicted molar refractivity (Wildman–Crippen MR) is 62.0 cm³/mol. The summed E-state index contributed by atoms with van der Waals surface area (Å²) in [7, 11) is 0. The van der Waals surface area contributed by atoms with E-state index < -0.39 is 11.9 Å². The van der Waals surface area contributed by atoms with Gasteiger partial charge in [-0.3, -0.25) is 0 Å². The van der Waals surface area contributed by atoms with Gasteiger partial charge in [0, 0.05) is 11.6 Å². The van der Waals surface area contributed by atoms with E-state index in [9.17, 15) is 9.50 Å². The quantitative estimate of drug-likeness (QED) is 0.778. The lowest BCUT2D eigenvalue weighted by molar-refractivity contribution is 0.194. The molecular formula is C13H17FO2. The third-order valence-corrected chi connectivity index (χ3v) is 2.36. The lowest BCUT2D eigenvalue weighted by Crippen LogP contribution is -2.01. The minimum Gasteiger partial charge on any atom is -0.489 e. The molecule has 0 aromatic heterocycles. The molecular weight excluding hydrogens is 207 g/mol. The SMILES string of the molecule is C=C(CC)COc1ccc([C@H](C)O)c(F)c1. The van der Waals surface area contributed by atoms with Gasteiger partial charge in [-0.25, -0.2) is 4.39 Å². The Labute approximate surface area is 95.4 Å². The molecule has 0 saturated carbocycles. The summed E-state index contributed by atoms with van der Waals surface area (Å²) in [5.74, 6) is 0.00566. The smallest absolute Gasteiger partial charge is 0.132 e. The number of halogens is 1. The van der Waals surface area contributed by atoms with Crippen LogP contribution in [0.15, 0.2) is 30.4 Å². The third-order valence-electron chi connectivity index (χ3n) is 2.36. The summed E-state index contributed by atoms with van der Waals surface area (Å²) in [4.78, 5) is 0. The second-order valence-electron chi connectivity index (χ2n) is 3.75. The van der Waals surface area contributed by atoms with E-state index in [-0.39, 0.29) is 5.56 Å². The number of benzene rings is 1. The minimum atomic E-state index is -0.806. The van der Waals surface area contributed by atoms with E-state index >= 15 is 0 Å². The van der Waals surface area contributed by atoms with Crippen LogP contribution in [-0.2, 0) is 0 Å². The zero-order valence-electron chi connectivity index (χ0n) is 9.66. The van der Waals surface area contributed by atoms with Crippen LogP contribution in [0.3, 0.4) is 0 Å². The zero-order chi connectivity index (χ0) is 12.1. The summed E-state index contributed by atoms with van der Waals surface area (Å²) < 4.78 is 18.8. The molecule has 0 radical (unpaired) electrons. The van der Waals surface area contributed by atoms with Gasteiger partial charge in [0.25, 0.3) is 0 Å². The fraction of sp³-hybridized carbons (Fsp3) is 0.385. The Kier molecular flexibility index (Phi) is 4.50. The number of hydrogen-bond acceptors (Lipinski definition) is 2. The summed E-state index contributed by atoms with van der Waals surface area (Å²) in [5, 5.41) is 9.26. The highest BCUT2D eigenvalue weighted by atomic mass is 19.1. The van der Waals surface area contributed by atoms with Crippen LogP contribution in [0.4, 0.5) is 4.39 Å². The number of hydrogen-bond donors (Lipinski definition) is 1. The van der Waals surface area contributed by atoms with Gasteiger partial charge in [0.15, 0.2) is 0 Å². The van der Waals surface area contributed by atoms with Gasteiger partial charge >= 0.3 is 0 Å². The first-order valence-corrected chi connectivity index (χ1v) is 5.31. The lowest BCUT2D eigenvalue weighted by atomic mass is 10.1. The lowest BCUT2D eigenvalue weighted by Gasteiger charge is -2.10. The Morgan fingerprint density at radius 3 is 2.75 bits per heavy atom. The molecule has 0 saturated heterocycles. The molecule has 1 N–H and O–H groups in total. The van der Waals surface area contributed by atoms with Crippen molar-refractivity contribution >= 4 is 0 Å². The molecule has 1 atom stereocenters. The summed E-state index contributed by atoms with van der Waals surface area (Å²) in [6, 6.07) is 4.46. The summed E-state index contributed by atoms with van der Waals surface area (Å²) in [6.07, 6.45) is 0.0356. The Balaban J connectivity index is 2.70. The maximum atomic E-state index is 13.4. The summed E-state index contributed by atoms with van der Waals surface area (Å²) >= 11 is 0. The van der Waals surface area contributed by atoms with Gasteiger partial charge < -0.3 is 9.84 Å². The molecule has 16 heavy (non-hydrogen) atoms. The van der Waals surface area contributed by atoms with Crippen LogP contribution in [0.25, 0.3) is 0 Å². The molecule has 2 nitrogen and oxygen atoms in total. The number of rotatable bonds is 5. The van der Waals surface area contributed by atoms with Crippen molar-refractivity contribution < 1.29 is 14.2 Å². The molecule has 0 heterocycles. The molecule has 0 amide bonds. The van der Waals surface area contributed by atoms with Crippen molar-refractivity contribution in [1.82, 2.24) is 0 Å². The van der Waals surface area contributed by atoms with Gasteiger partial charge in [0.2, 0.25) is 0 Å². The van der Waals surface area contributed by atoms with E-state index in [1.165, 1.54) is 19.1 Å². The minimum absolute atomic E-state index is 0.279. The van der Waals surface area contributed by atoms with Crippen LogP contribution in [0, 0.1) is 5.82 Å². The zero-order valence-corrected chi connectivity index (χ0v) is 9.66. The maximum absolute atomic E-state index is 13.4. The molecule has 0 bridgehead atoms. The Morgan fingerprint density at radius 1 is 1.56 bits per heavy atom. The molecule has 0 aliphatic rings. The van der Waals surface area contributed by atoms with Gasteiger partial charge in [-0.15, -0.1) is 0 Å². The van der Waals surface area contributed by atoms with Crippen molar-refractivity contribution in [1.29, 1.82) is 0 Å². The molecule has 0 unspecified atom stereocenters. The van der Waals surface area contributed by atoms with Crippen LogP contribution in [0.5, 0.6) is 5.75 Å². The van der Waals surface area contributed by atoms with Crippen molar-refractivity contribution in [3.63, 3.8) is 0 Å². The van der Waals surface area contributed by atoms with Gasteiger partial charge in [0.1, 0.15) is 18.2 Å². The molecule has 0 spiro atoms. The van der Waals surface area contributed by atoms with Gasteiger partial charge in [-0.05, 0) is 31.1 Å². The molecule has 1 aromatic rings. The second kappa shape index (κ2) is 5.66. The molecule has 0 aliphatic carbocycles. The van der Waals surface area contributed by atoms with E-state index in [1.807, 2.05) is 6.92 Å². The van der Waals surface area contributed by atoms with Crippen molar-refractivity contribution in [2.75, 3.05) is 6.61 Å². The molecule has 88 valence electrons. The second-order valence-corrected chi connectivity index (χ2v) is 3.75. The van der Waals surface area contributed by atoms with E-state index in [0.717, 1.165) is 12.0 Å². The molecule has 0 aliphatic heterocycles. The van der Waals surface area contributed by atoms with Crippen molar-refractivity contribution in [2.45, 2.75) is 26.4 Å². The number of ether oxygens (including phenoxy) is 1. The van der Waals surface area contributed by atoms with E-state index in [2.05, 4.69) is 6.58 Å². The molecule has 1 rings (SSSR count). The van der Waals surface area contributed by atoms with E-state index in [4.69, 9.17) is 4.74 Å². The first kappa shape index (κ1) is 12.7. The van der Waals surface area contributed by atoms with Crippen molar-refractivity contribution in [3.05, 3.63) is 41.7 Å². The van der Waals surface area contributed by atoms with Crippen LogP contribution in [0.1, 0.15) is 31.9 Å². The van der Waals surface area contributed by atoms with E-state index in [1.54, 1.807) is 6.07 Å². The fourth-order valence-electron chi connectivity index (χ4n) is 1.22. The van der Waals surface area contributed by atoms with Crippen LogP contribution in [0.2, 0.25) is 0 Å². The number of aliphatic hydroxyl groups excluding tert-OH is 1. The molecule has 0 fully saturated rings. The largest absolute Gasteiger partial charge is 0.489 e. The maximum Gasteiger partial charge on any atom is 0.132 e. The summed E-state index contributed by atoms with van der Waals surface area (Å²) in [6.45, 7) is 7.71. The highest BCUT2D eigenvalue weighted by Crippen LogP contribution is 2.22. The van der Waals surface area contributed by atoms with Gasteiger partial charge in [-0.2, -0.15) is 0 Å². The monoisotopic (exact) mass is 224 g/mol. The topological polar surface area (TPSA) is 29.5 Å². The molecule has 1 aromatic carbocycles. The van der Waals surface area contributed by atoms with E-state index in [0.29, 0.717) is 12.4 Å². The predicted octanol–water partition coefficient (Wildman–Crippen LogP) is 3.22. The normalized spacial score (nSPS) is 12.2. The summed E-state index contributed by atoms with van der Waals surface area (Å²) in [5.41, 5.74) is 1.24. The van der Waals surface area contributed by atoms with Crippen LogP contribution < -0.4 is 4.74 Å². The van der Waals surface area contributed by atoms with Gasteiger partial charge in [0.05, 0.1) is 6.10 Å². The first-order valence-electron chi connectivity index (χ1n) is 5.31. The van der Waals surface area contributed by atoms with Gasteiger partial charge in [-0.1, -0.05) is 13.5 Å². The average molecular weight is 224 g/mol. The standard InChI is InChI=1S/C13H17FO2/c1-4-9(2)8-16-11-5-6-12(10(3)15)13(14)7-11/h5-7,10,15H,2,4,8H2,1,3H3/t10-/m0/s1. The highest BCUT2D eigenvalue weighted by molar-refractivity contribution is 5.30. The Hall–Kier alpha value is -1.35. The molecule has 3 heteroatoms. The van der Waals surface area contributed by atoms with Crippen LogP contribution >= 0.6 is 0 Å². The van der Waals surface area contributed by atoms with Crippen molar-refractivity contribution in [3.8, 4) is 5.75 Å².